The number of carbonyl (C=O) groups is 1. The van der Waals surface area contributed by atoms with E-state index in [1.54, 1.807) is 0 Å². The van der Waals surface area contributed by atoms with Gasteiger partial charge in [-0.2, -0.15) is 0 Å². The summed E-state index contributed by atoms with van der Waals surface area (Å²) in [7, 11) is 0. The van der Waals surface area contributed by atoms with Gasteiger partial charge in [0.05, 0.1) is 0 Å². The lowest BCUT2D eigenvalue weighted by molar-refractivity contribution is -0.123. The van der Waals surface area contributed by atoms with Crippen LogP contribution in [0.5, 0.6) is 0 Å². The van der Waals surface area contributed by atoms with Crippen LogP contribution < -0.4 is 5.32 Å². The van der Waals surface area contributed by atoms with Crippen molar-refractivity contribution < 1.29 is 4.79 Å². The Morgan fingerprint density at radius 3 is 2.38 bits per heavy atom. The number of carbonyl (C=O) groups excluding carboxylic acids is 1. The molecule has 2 amide bonds. The Labute approximate surface area is 162 Å². The third-order valence-corrected chi connectivity index (χ3v) is 6.54. The van der Waals surface area contributed by atoms with Crippen molar-refractivity contribution in [2.75, 3.05) is 19.6 Å². The second-order valence-corrected chi connectivity index (χ2v) is 8.76. The standard InChI is InChI=1S/C21H32ClN3O/c1-5-16(4)23-20(26)24-12-10-21(11-13-24)14-25(15(2)3)19(21)17-6-8-18(22)9-7-17/h6-9,15-16,19H,5,10-14H2,1-4H3,(H,23,26). The minimum atomic E-state index is 0.0947. The number of nitrogens with one attached hydrogen (secondary N) is 1. The maximum atomic E-state index is 12.4. The van der Waals surface area contributed by atoms with E-state index in [0.29, 0.717) is 12.1 Å². The Morgan fingerprint density at radius 1 is 1.23 bits per heavy atom. The molecule has 5 heteroatoms. The molecule has 2 aliphatic rings. The third kappa shape index (κ3) is 3.72. The monoisotopic (exact) mass is 377 g/mol. The topological polar surface area (TPSA) is 35.6 Å². The number of urea groups is 1. The summed E-state index contributed by atoms with van der Waals surface area (Å²) in [6.07, 6.45) is 3.10. The van der Waals surface area contributed by atoms with Crippen molar-refractivity contribution in [3.63, 3.8) is 0 Å². The largest absolute Gasteiger partial charge is 0.336 e. The molecule has 1 N–H and O–H groups in total. The fraction of sp³-hybridized carbons (Fsp3) is 0.667. The number of likely N-dealkylation sites (tertiary alicyclic amines) is 2. The zero-order chi connectivity index (χ0) is 18.9. The Hall–Kier alpha value is -1.26. The van der Waals surface area contributed by atoms with E-state index in [4.69, 9.17) is 11.6 Å². The molecule has 2 saturated heterocycles. The number of amides is 2. The lowest BCUT2D eigenvalue weighted by atomic mass is 9.62. The molecule has 2 heterocycles. The van der Waals surface area contributed by atoms with Gasteiger partial charge in [-0.15, -0.1) is 0 Å². The second-order valence-electron chi connectivity index (χ2n) is 8.33. The number of hydrogen-bond acceptors (Lipinski definition) is 2. The van der Waals surface area contributed by atoms with Gasteiger partial charge in [-0.05, 0) is 57.7 Å². The summed E-state index contributed by atoms with van der Waals surface area (Å²) < 4.78 is 0. The SMILES string of the molecule is CCC(C)NC(=O)N1CCC2(CC1)CN(C(C)C)C2c1ccc(Cl)cc1. The van der Waals surface area contributed by atoms with Gasteiger partial charge in [0, 0.05) is 48.2 Å². The van der Waals surface area contributed by atoms with Crippen molar-refractivity contribution in [3.05, 3.63) is 34.9 Å². The Kier molecular flexibility index (Phi) is 5.83. The summed E-state index contributed by atoms with van der Waals surface area (Å²) in [5.74, 6) is 0. The lowest BCUT2D eigenvalue weighted by Crippen LogP contribution is -2.64. The molecule has 2 unspecified atom stereocenters. The first-order valence-electron chi connectivity index (χ1n) is 9.93. The van der Waals surface area contributed by atoms with E-state index in [0.717, 1.165) is 43.9 Å². The normalized spacial score (nSPS) is 23.8. The quantitative estimate of drug-likeness (QED) is 0.825. The minimum absolute atomic E-state index is 0.0947. The highest BCUT2D eigenvalue weighted by Gasteiger charge is 2.54. The zero-order valence-corrected chi connectivity index (χ0v) is 17.2. The summed E-state index contributed by atoms with van der Waals surface area (Å²) in [6, 6.07) is 9.62. The van der Waals surface area contributed by atoms with Crippen LogP contribution in [0.4, 0.5) is 4.79 Å². The molecule has 0 saturated carbocycles. The molecule has 0 aromatic heterocycles. The van der Waals surface area contributed by atoms with E-state index >= 15 is 0 Å². The molecular formula is C21H32ClN3O. The van der Waals surface area contributed by atoms with Gasteiger partial charge in [0.1, 0.15) is 0 Å². The maximum absolute atomic E-state index is 12.4. The number of benzene rings is 1. The smallest absolute Gasteiger partial charge is 0.317 e. The van der Waals surface area contributed by atoms with Gasteiger partial charge in [-0.3, -0.25) is 4.90 Å². The number of piperidine rings is 1. The van der Waals surface area contributed by atoms with Crippen LogP contribution in [-0.2, 0) is 0 Å². The Morgan fingerprint density at radius 2 is 1.85 bits per heavy atom. The molecule has 144 valence electrons. The van der Waals surface area contributed by atoms with Crippen LogP contribution in [-0.4, -0.2) is 47.5 Å². The summed E-state index contributed by atoms with van der Waals surface area (Å²) in [5.41, 5.74) is 1.64. The van der Waals surface area contributed by atoms with E-state index in [2.05, 4.69) is 50.0 Å². The summed E-state index contributed by atoms with van der Waals surface area (Å²) in [4.78, 5) is 17.0. The number of halogens is 1. The first-order valence-corrected chi connectivity index (χ1v) is 10.3. The lowest BCUT2D eigenvalue weighted by Gasteiger charge is -2.62. The summed E-state index contributed by atoms with van der Waals surface area (Å²) in [6.45, 7) is 11.5. The van der Waals surface area contributed by atoms with Gasteiger partial charge >= 0.3 is 6.03 Å². The van der Waals surface area contributed by atoms with Crippen molar-refractivity contribution >= 4 is 17.6 Å². The van der Waals surface area contributed by atoms with Crippen LogP contribution in [0, 0.1) is 5.41 Å². The van der Waals surface area contributed by atoms with E-state index < -0.39 is 0 Å². The number of nitrogens with zero attached hydrogens (tertiary/aromatic N) is 2. The molecule has 1 aromatic rings. The summed E-state index contributed by atoms with van der Waals surface area (Å²) >= 11 is 6.10. The first-order chi connectivity index (χ1) is 12.4. The number of rotatable bonds is 4. The maximum Gasteiger partial charge on any atom is 0.317 e. The Balaban J connectivity index is 1.70. The fourth-order valence-electron chi connectivity index (χ4n) is 4.44. The Bertz CT molecular complexity index is 623. The molecule has 1 spiro atoms. The van der Waals surface area contributed by atoms with Crippen molar-refractivity contribution in [3.8, 4) is 0 Å². The van der Waals surface area contributed by atoms with Crippen LogP contribution in [0.15, 0.2) is 24.3 Å². The molecule has 4 nitrogen and oxygen atoms in total. The van der Waals surface area contributed by atoms with Gasteiger partial charge in [-0.1, -0.05) is 30.7 Å². The van der Waals surface area contributed by atoms with Gasteiger partial charge in [0.2, 0.25) is 0 Å². The molecule has 2 atom stereocenters. The molecule has 0 bridgehead atoms. The van der Waals surface area contributed by atoms with Crippen LogP contribution in [0.1, 0.15) is 58.6 Å². The molecule has 3 rings (SSSR count). The van der Waals surface area contributed by atoms with Crippen molar-refractivity contribution in [1.82, 2.24) is 15.1 Å². The molecular weight excluding hydrogens is 346 g/mol. The minimum Gasteiger partial charge on any atom is -0.336 e. The van der Waals surface area contributed by atoms with Crippen molar-refractivity contribution in [2.24, 2.45) is 5.41 Å². The predicted octanol–water partition coefficient (Wildman–Crippen LogP) is 4.70. The highest BCUT2D eigenvalue weighted by Crippen LogP contribution is 2.55. The highest BCUT2D eigenvalue weighted by molar-refractivity contribution is 6.30. The van der Waals surface area contributed by atoms with Crippen LogP contribution >= 0.6 is 11.6 Å². The van der Waals surface area contributed by atoms with E-state index in [-0.39, 0.29) is 17.5 Å². The molecule has 0 radical (unpaired) electrons. The highest BCUT2D eigenvalue weighted by atomic mass is 35.5. The van der Waals surface area contributed by atoms with E-state index in [9.17, 15) is 4.79 Å². The fourth-order valence-corrected chi connectivity index (χ4v) is 4.57. The van der Waals surface area contributed by atoms with Crippen molar-refractivity contribution in [1.29, 1.82) is 0 Å². The van der Waals surface area contributed by atoms with Gasteiger partial charge in [0.15, 0.2) is 0 Å². The van der Waals surface area contributed by atoms with E-state index in [1.165, 1.54) is 5.56 Å². The number of hydrogen-bond donors (Lipinski definition) is 1. The molecule has 0 aliphatic carbocycles. The predicted molar refractivity (Wildman–Crippen MR) is 108 cm³/mol. The van der Waals surface area contributed by atoms with E-state index in [1.807, 2.05) is 17.0 Å². The van der Waals surface area contributed by atoms with Crippen LogP contribution in [0.2, 0.25) is 5.02 Å². The first kappa shape index (κ1) is 19.5. The molecule has 1 aromatic carbocycles. The summed E-state index contributed by atoms with van der Waals surface area (Å²) in [5, 5.41) is 3.89. The molecule has 26 heavy (non-hydrogen) atoms. The average Bonchev–Trinajstić information content (AvgIpc) is 2.61. The van der Waals surface area contributed by atoms with Gasteiger partial charge in [0.25, 0.3) is 0 Å². The average molecular weight is 378 g/mol. The zero-order valence-electron chi connectivity index (χ0n) is 16.5. The van der Waals surface area contributed by atoms with Crippen molar-refractivity contribution in [2.45, 2.75) is 65.1 Å². The molecule has 2 aliphatic heterocycles. The molecule has 2 fully saturated rings. The van der Waals surface area contributed by atoms with Crippen LogP contribution in [0.3, 0.4) is 0 Å². The van der Waals surface area contributed by atoms with Gasteiger partial charge < -0.3 is 10.2 Å². The van der Waals surface area contributed by atoms with Gasteiger partial charge in [-0.25, -0.2) is 4.79 Å². The van der Waals surface area contributed by atoms with Crippen LogP contribution in [0.25, 0.3) is 0 Å². The third-order valence-electron chi connectivity index (χ3n) is 6.29. The second kappa shape index (κ2) is 7.77.